The number of para-hydroxylation sites is 2. The Hall–Kier alpha value is -2.45. The molecule has 118 valence electrons. The first-order valence-corrected chi connectivity index (χ1v) is 6.89. The van der Waals surface area contributed by atoms with Crippen LogP contribution in [0.5, 0.6) is 0 Å². The van der Waals surface area contributed by atoms with Gasteiger partial charge in [0.25, 0.3) is 5.52 Å². The number of benzene rings is 1. The lowest BCUT2D eigenvalue weighted by molar-refractivity contribution is -0.497. The summed E-state index contributed by atoms with van der Waals surface area (Å²) < 4.78 is 6.61. The van der Waals surface area contributed by atoms with E-state index in [0.717, 1.165) is 4.73 Å². The Labute approximate surface area is 126 Å². The van der Waals surface area contributed by atoms with Gasteiger partial charge in [0, 0.05) is 17.6 Å². The summed E-state index contributed by atoms with van der Waals surface area (Å²) in [5.41, 5.74) is 0.449. The topological polar surface area (TPSA) is 112 Å². The third kappa shape index (κ3) is 2.92. The lowest BCUT2D eigenvalue weighted by Crippen LogP contribution is -2.75. The fraction of sp³-hybridized carbons (Fsp3) is 0.357. The van der Waals surface area contributed by atoms with Gasteiger partial charge >= 0.3 is 11.6 Å². The monoisotopic (exact) mass is 309 g/mol. The molecule has 0 amide bonds. The molecule has 0 aliphatic rings. The van der Waals surface area contributed by atoms with Crippen LogP contribution in [0.3, 0.4) is 0 Å². The molecule has 2 rings (SSSR count). The predicted molar refractivity (Wildman–Crippen MR) is 77.5 cm³/mol. The van der Waals surface area contributed by atoms with Gasteiger partial charge in [-0.3, -0.25) is 0 Å². The summed E-state index contributed by atoms with van der Waals surface area (Å²) >= 11 is 0. The molecule has 22 heavy (non-hydrogen) atoms. The maximum atomic E-state index is 12.5. The lowest BCUT2D eigenvalue weighted by Gasteiger charge is -2.08. The van der Waals surface area contributed by atoms with Crippen LogP contribution in [0.25, 0.3) is 11.0 Å². The van der Waals surface area contributed by atoms with Crippen molar-refractivity contribution in [3.05, 3.63) is 40.6 Å². The fourth-order valence-electron chi connectivity index (χ4n) is 2.12. The summed E-state index contributed by atoms with van der Waals surface area (Å²) in [4.78, 5) is 15.0. The van der Waals surface area contributed by atoms with Crippen molar-refractivity contribution in [1.29, 1.82) is 0 Å². The minimum absolute atomic E-state index is 0.0553. The Morgan fingerprint density at radius 3 is 2.82 bits per heavy atom. The second-order valence-corrected chi connectivity index (χ2v) is 4.53. The molecule has 8 nitrogen and oxygen atoms in total. The van der Waals surface area contributed by atoms with Gasteiger partial charge < -0.3 is 20.2 Å². The van der Waals surface area contributed by atoms with Gasteiger partial charge in [0.2, 0.25) is 0 Å². The zero-order valence-electron chi connectivity index (χ0n) is 12.2. The maximum absolute atomic E-state index is 12.5. The SMILES string of the molecule is CCOCc1c(C(O)=[NH+]CCO)[n+](=O)c2ccccc2n1O. The summed E-state index contributed by atoms with van der Waals surface area (Å²) in [6.45, 7) is 1.96. The highest BCUT2D eigenvalue weighted by atomic mass is 16.5. The third-order valence-electron chi connectivity index (χ3n) is 3.13. The number of nitrogens with zero attached hydrogens (tertiary/aromatic N) is 2. The lowest BCUT2D eigenvalue weighted by atomic mass is 10.2. The van der Waals surface area contributed by atoms with Gasteiger partial charge in [0.1, 0.15) is 6.61 Å². The number of ether oxygens (including phenoxy) is 1. The first-order chi connectivity index (χ1) is 10.6. The van der Waals surface area contributed by atoms with E-state index >= 15 is 0 Å². The van der Waals surface area contributed by atoms with Crippen LogP contribution in [0.2, 0.25) is 0 Å². The number of hydrogen-bond donors (Lipinski definition) is 4. The minimum Gasteiger partial charge on any atom is -0.455 e. The van der Waals surface area contributed by atoms with Gasteiger partial charge in [-0.2, -0.15) is 4.73 Å². The molecular formula is C14H19N3O5+2. The van der Waals surface area contributed by atoms with Crippen LogP contribution in [0, 0.1) is 4.91 Å². The minimum atomic E-state index is -0.438. The number of aliphatic hydroxyl groups is 2. The average Bonchev–Trinajstić information content (AvgIpc) is 2.54. The Kier molecular flexibility index (Phi) is 5.08. The Balaban J connectivity index is 2.75. The molecule has 0 saturated carbocycles. The number of hydrogen-bond acceptors (Lipinski definition) is 4. The highest BCUT2D eigenvalue weighted by Crippen LogP contribution is 2.14. The van der Waals surface area contributed by atoms with Crippen LogP contribution >= 0.6 is 0 Å². The summed E-state index contributed by atoms with van der Waals surface area (Å²) in [5, 5.41) is 29.2. The van der Waals surface area contributed by atoms with Crippen molar-refractivity contribution in [3.8, 4) is 0 Å². The van der Waals surface area contributed by atoms with Crippen LogP contribution in [0.1, 0.15) is 18.3 Å². The van der Waals surface area contributed by atoms with E-state index in [4.69, 9.17) is 9.84 Å². The number of fused-ring (bicyclic) bond motifs is 1. The molecule has 0 saturated heterocycles. The second kappa shape index (κ2) is 7.01. The molecule has 0 fully saturated rings. The highest BCUT2D eigenvalue weighted by molar-refractivity contribution is 5.86. The summed E-state index contributed by atoms with van der Waals surface area (Å²) in [7, 11) is 0. The van der Waals surface area contributed by atoms with Crippen molar-refractivity contribution in [2.24, 2.45) is 0 Å². The zero-order chi connectivity index (χ0) is 16.1. The molecule has 0 unspecified atom stereocenters. The molecule has 0 atom stereocenters. The van der Waals surface area contributed by atoms with Crippen molar-refractivity contribution < 1.29 is 29.6 Å². The number of rotatable bonds is 6. The second-order valence-electron chi connectivity index (χ2n) is 4.53. The first kappa shape index (κ1) is 15.9. The smallest absolute Gasteiger partial charge is 0.440 e. The summed E-state index contributed by atoms with van der Waals surface area (Å²) in [6.07, 6.45) is 0. The number of nitrogens with one attached hydrogen (secondary N) is 1. The van der Waals surface area contributed by atoms with E-state index in [1.807, 2.05) is 0 Å². The van der Waals surface area contributed by atoms with Crippen molar-refractivity contribution in [1.82, 2.24) is 4.73 Å². The van der Waals surface area contributed by atoms with Crippen molar-refractivity contribution >= 4 is 16.9 Å². The molecule has 0 aliphatic carbocycles. The third-order valence-corrected chi connectivity index (χ3v) is 3.13. The van der Waals surface area contributed by atoms with Crippen molar-refractivity contribution in [2.45, 2.75) is 13.5 Å². The zero-order valence-corrected chi connectivity index (χ0v) is 12.2. The van der Waals surface area contributed by atoms with E-state index < -0.39 is 5.90 Å². The maximum Gasteiger partial charge on any atom is 0.440 e. The fourth-order valence-corrected chi connectivity index (χ4v) is 2.12. The van der Waals surface area contributed by atoms with Gasteiger partial charge in [-0.1, -0.05) is 12.1 Å². The van der Waals surface area contributed by atoms with Crippen LogP contribution in [-0.2, 0) is 11.3 Å². The van der Waals surface area contributed by atoms with Crippen LogP contribution in [0.4, 0.5) is 0 Å². The quantitative estimate of drug-likeness (QED) is 0.229. The van der Waals surface area contributed by atoms with E-state index in [-0.39, 0.29) is 36.7 Å². The molecule has 1 aromatic heterocycles. The normalized spacial score (nSPS) is 12.0. The van der Waals surface area contributed by atoms with Crippen LogP contribution in [-0.4, -0.2) is 45.8 Å². The Bertz CT molecular complexity index is 754. The molecule has 4 N–H and O–H groups in total. The average molecular weight is 309 g/mol. The standard InChI is InChI=1S/C14H17N3O5/c1-2-22-9-12-13(14(19)15-7-8-18)17(21)11-6-4-3-5-10(11)16(12)20/h3-6,18,20H,2,7-9H2,1H3/p+2. The molecule has 8 heteroatoms. The first-order valence-electron chi connectivity index (χ1n) is 6.89. The van der Waals surface area contributed by atoms with Gasteiger partial charge in [0.15, 0.2) is 17.8 Å². The van der Waals surface area contributed by atoms with Gasteiger partial charge in [-0.25, -0.2) is 4.99 Å². The van der Waals surface area contributed by atoms with Crippen molar-refractivity contribution in [2.75, 3.05) is 19.8 Å². The molecular weight excluding hydrogens is 290 g/mol. The molecule has 0 aliphatic heterocycles. The Morgan fingerprint density at radius 2 is 2.14 bits per heavy atom. The predicted octanol–water partition coefficient (Wildman–Crippen LogP) is -1.29. The molecule has 0 spiro atoms. The molecule has 1 heterocycles. The van der Waals surface area contributed by atoms with Crippen LogP contribution < -0.4 is 9.42 Å². The number of aliphatic hydroxyl groups excluding tert-OH is 2. The molecule has 1 aromatic carbocycles. The van der Waals surface area contributed by atoms with Crippen molar-refractivity contribution in [3.63, 3.8) is 0 Å². The van der Waals surface area contributed by atoms with E-state index in [2.05, 4.69) is 4.99 Å². The largest absolute Gasteiger partial charge is 0.455 e. The van der Waals surface area contributed by atoms with Gasteiger partial charge in [0.05, 0.1) is 11.0 Å². The van der Waals surface area contributed by atoms with Crippen LogP contribution in [0.15, 0.2) is 24.3 Å². The van der Waals surface area contributed by atoms with E-state index in [9.17, 15) is 15.2 Å². The van der Waals surface area contributed by atoms with E-state index in [1.165, 1.54) is 6.07 Å². The van der Waals surface area contributed by atoms with Gasteiger partial charge in [-0.15, -0.1) is 0 Å². The van der Waals surface area contributed by atoms with E-state index in [0.29, 0.717) is 16.6 Å². The summed E-state index contributed by atoms with van der Waals surface area (Å²) in [5.74, 6) is -0.438. The number of aromatic nitrogens is 2. The van der Waals surface area contributed by atoms with E-state index in [1.54, 1.807) is 25.1 Å². The van der Waals surface area contributed by atoms with Gasteiger partial charge in [-0.05, 0) is 13.0 Å². The Morgan fingerprint density at radius 1 is 1.41 bits per heavy atom. The molecule has 0 radical (unpaired) electrons. The molecule has 2 aromatic rings. The summed E-state index contributed by atoms with van der Waals surface area (Å²) in [6, 6.07) is 6.46. The molecule has 0 bridgehead atoms. The highest BCUT2D eigenvalue weighted by Gasteiger charge is 2.33.